The van der Waals surface area contributed by atoms with Gasteiger partial charge in [0.1, 0.15) is 11.6 Å². The zero-order chi connectivity index (χ0) is 15.3. The molecule has 2 aromatic carbocycles. The lowest BCUT2D eigenvalue weighted by Gasteiger charge is -2.09. The molecule has 0 amide bonds. The molecule has 1 aromatic heterocycles. The van der Waals surface area contributed by atoms with Gasteiger partial charge in [-0.1, -0.05) is 41.9 Å². The summed E-state index contributed by atoms with van der Waals surface area (Å²) in [4.78, 5) is 16.4. The minimum atomic E-state index is -0.341. The van der Waals surface area contributed by atoms with Gasteiger partial charge in [-0.15, -0.1) is 0 Å². The smallest absolute Gasteiger partial charge is 0.281 e. The minimum absolute atomic E-state index is 0.209. The van der Waals surface area contributed by atoms with Gasteiger partial charge in [-0.2, -0.15) is 4.98 Å². The van der Waals surface area contributed by atoms with Gasteiger partial charge in [-0.25, -0.2) is 0 Å². The van der Waals surface area contributed by atoms with Crippen molar-refractivity contribution in [2.75, 3.05) is 0 Å². The Morgan fingerprint density at radius 2 is 1.91 bits per heavy atom. The highest BCUT2D eigenvalue weighted by Crippen LogP contribution is 2.32. The molecule has 0 spiro atoms. The van der Waals surface area contributed by atoms with Crippen LogP contribution in [0.5, 0.6) is 0 Å². The molecule has 4 rings (SSSR count). The second-order valence-electron chi connectivity index (χ2n) is 5.18. The van der Waals surface area contributed by atoms with Crippen LogP contribution < -0.4 is 5.56 Å². The normalized spacial score (nSPS) is 13.7. The van der Waals surface area contributed by atoms with Crippen molar-refractivity contribution in [3.63, 3.8) is 0 Å². The summed E-state index contributed by atoms with van der Waals surface area (Å²) in [5, 5.41) is 11.3. The number of benzene rings is 2. The first-order valence-corrected chi connectivity index (χ1v) is 7.21. The summed E-state index contributed by atoms with van der Waals surface area (Å²) in [5.41, 5.74) is 1.82. The summed E-state index contributed by atoms with van der Waals surface area (Å²) in [7, 11) is 0. The van der Waals surface area contributed by atoms with Crippen LogP contribution in [0.1, 0.15) is 11.4 Å². The number of aromatic nitrogens is 2. The first-order chi connectivity index (χ1) is 10.6. The Labute approximate surface area is 130 Å². The molecule has 0 bridgehead atoms. The molecular weight excluding hydrogens is 300 g/mol. The molecular formula is C17H11ClN2O2. The summed E-state index contributed by atoms with van der Waals surface area (Å²) in [6.45, 7) is 0.297. The summed E-state index contributed by atoms with van der Waals surface area (Å²) >= 11 is 5.96. The van der Waals surface area contributed by atoms with Gasteiger partial charge in [0.2, 0.25) is 0 Å². The average Bonchev–Trinajstić information content (AvgIpc) is 2.84. The van der Waals surface area contributed by atoms with Crippen LogP contribution in [-0.4, -0.2) is 14.7 Å². The molecule has 3 aromatic rings. The van der Waals surface area contributed by atoms with E-state index < -0.39 is 0 Å². The van der Waals surface area contributed by atoms with Crippen molar-refractivity contribution in [3.05, 3.63) is 81.1 Å². The fourth-order valence-electron chi connectivity index (χ4n) is 2.86. The average molecular weight is 311 g/mol. The topological polar surface area (TPSA) is 55.1 Å². The van der Waals surface area contributed by atoms with E-state index in [1.165, 1.54) is 0 Å². The second-order valence-corrected chi connectivity index (χ2v) is 5.61. The number of hydrogen-bond donors (Lipinski definition) is 1. The Hall–Kier alpha value is -2.59. The predicted molar refractivity (Wildman–Crippen MR) is 86.1 cm³/mol. The molecule has 0 aliphatic carbocycles. The lowest BCUT2D eigenvalue weighted by atomic mass is 10.1. The minimum Gasteiger partial charge on any atom is -0.510 e. The number of fused-ring (bicyclic) bond motifs is 3. The van der Waals surface area contributed by atoms with Crippen LogP contribution in [0.2, 0.25) is 5.02 Å². The van der Waals surface area contributed by atoms with Crippen molar-refractivity contribution in [2.24, 2.45) is 0 Å². The lowest BCUT2D eigenvalue weighted by Crippen LogP contribution is -2.15. The summed E-state index contributed by atoms with van der Waals surface area (Å²) < 4.78 is 1.84. The van der Waals surface area contributed by atoms with Crippen molar-refractivity contribution in [2.45, 2.75) is 6.54 Å². The molecule has 1 aliphatic heterocycles. The number of halogens is 1. The van der Waals surface area contributed by atoms with Gasteiger partial charge < -0.3 is 9.67 Å². The molecule has 0 unspecified atom stereocenters. The monoisotopic (exact) mass is 310 g/mol. The maximum absolute atomic E-state index is 12.3. The van der Waals surface area contributed by atoms with E-state index in [-0.39, 0.29) is 11.3 Å². The van der Waals surface area contributed by atoms with Gasteiger partial charge in [-0.05, 0) is 23.8 Å². The van der Waals surface area contributed by atoms with Crippen LogP contribution in [0, 0.1) is 0 Å². The number of nitrogens with zero attached hydrogens (tertiary/aromatic N) is 2. The molecule has 22 heavy (non-hydrogen) atoms. The van der Waals surface area contributed by atoms with Gasteiger partial charge in [0, 0.05) is 5.02 Å². The SMILES string of the molecule is O=c1nc2n(c3ccc(Cl)cc13)CC(O)=C2c1ccccc1. The van der Waals surface area contributed by atoms with Crippen LogP contribution in [0.4, 0.5) is 0 Å². The zero-order valence-electron chi connectivity index (χ0n) is 11.5. The Kier molecular flexibility index (Phi) is 2.81. The van der Waals surface area contributed by atoms with E-state index in [4.69, 9.17) is 11.6 Å². The van der Waals surface area contributed by atoms with Crippen molar-refractivity contribution in [1.29, 1.82) is 0 Å². The van der Waals surface area contributed by atoms with Crippen LogP contribution in [0.25, 0.3) is 16.5 Å². The molecule has 0 fully saturated rings. The first-order valence-electron chi connectivity index (χ1n) is 6.83. The molecule has 108 valence electrons. The molecule has 0 saturated heterocycles. The molecule has 0 radical (unpaired) electrons. The van der Waals surface area contributed by atoms with E-state index in [2.05, 4.69) is 4.98 Å². The maximum Gasteiger partial charge on any atom is 0.281 e. The number of allylic oxidation sites excluding steroid dienone is 1. The van der Waals surface area contributed by atoms with Crippen molar-refractivity contribution >= 4 is 28.1 Å². The molecule has 5 heteroatoms. The zero-order valence-corrected chi connectivity index (χ0v) is 12.2. The highest BCUT2D eigenvalue weighted by Gasteiger charge is 2.25. The molecule has 1 aliphatic rings. The molecule has 1 N–H and O–H groups in total. The number of hydrogen-bond acceptors (Lipinski definition) is 3. The third-order valence-electron chi connectivity index (χ3n) is 3.83. The molecule has 4 nitrogen and oxygen atoms in total. The van der Waals surface area contributed by atoms with Gasteiger partial charge in [0.15, 0.2) is 0 Å². The van der Waals surface area contributed by atoms with Gasteiger partial charge in [0.05, 0.1) is 23.0 Å². The van der Waals surface area contributed by atoms with Crippen LogP contribution >= 0.6 is 11.6 Å². The summed E-state index contributed by atoms with van der Waals surface area (Å²) in [5.74, 6) is 0.698. The van der Waals surface area contributed by atoms with E-state index in [1.54, 1.807) is 18.2 Å². The third kappa shape index (κ3) is 1.84. The summed E-state index contributed by atoms with van der Waals surface area (Å²) in [6, 6.07) is 14.6. The maximum atomic E-state index is 12.3. The van der Waals surface area contributed by atoms with E-state index >= 15 is 0 Å². The van der Waals surface area contributed by atoms with Crippen molar-refractivity contribution in [1.82, 2.24) is 9.55 Å². The van der Waals surface area contributed by atoms with Crippen molar-refractivity contribution < 1.29 is 5.11 Å². The fraction of sp³-hybridized carbons (Fsp3) is 0.0588. The van der Waals surface area contributed by atoms with Crippen LogP contribution in [-0.2, 0) is 6.54 Å². The van der Waals surface area contributed by atoms with E-state index in [9.17, 15) is 9.90 Å². The molecule has 0 saturated carbocycles. The van der Waals surface area contributed by atoms with E-state index in [0.29, 0.717) is 28.4 Å². The number of aliphatic hydroxyl groups excluding tert-OH is 1. The highest BCUT2D eigenvalue weighted by molar-refractivity contribution is 6.31. The number of aliphatic hydroxyl groups is 1. The van der Waals surface area contributed by atoms with E-state index in [0.717, 1.165) is 11.1 Å². The van der Waals surface area contributed by atoms with Gasteiger partial charge in [0.25, 0.3) is 5.56 Å². The first kappa shape index (κ1) is 13.1. The fourth-order valence-corrected chi connectivity index (χ4v) is 3.03. The lowest BCUT2D eigenvalue weighted by molar-refractivity contribution is 0.389. The van der Waals surface area contributed by atoms with Crippen molar-refractivity contribution in [3.8, 4) is 0 Å². The van der Waals surface area contributed by atoms with Gasteiger partial charge in [-0.3, -0.25) is 4.79 Å². The van der Waals surface area contributed by atoms with Crippen LogP contribution in [0.3, 0.4) is 0 Å². The largest absolute Gasteiger partial charge is 0.510 e. The Morgan fingerprint density at radius 3 is 2.68 bits per heavy atom. The number of rotatable bonds is 1. The Morgan fingerprint density at radius 1 is 1.14 bits per heavy atom. The standard InChI is InChI=1S/C17H11ClN2O2/c18-11-6-7-13-12(8-11)17(22)19-16-15(14(21)9-20(13)16)10-4-2-1-3-5-10/h1-8,21H,9H2. The van der Waals surface area contributed by atoms with Gasteiger partial charge >= 0.3 is 0 Å². The quantitative estimate of drug-likeness (QED) is 0.749. The predicted octanol–water partition coefficient (Wildman–Crippen LogP) is 3.38. The highest BCUT2D eigenvalue weighted by atomic mass is 35.5. The second kappa shape index (κ2) is 4.71. The van der Waals surface area contributed by atoms with Crippen LogP contribution in [0.15, 0.2) is 59.1 Å². The Balaban J connectivity index is 2.04. The third-order valence-corrected chi connectivity index (χ3v) is 4.06. The summed E-state index contributed by atoms with van der Waals surface area (Å²) in [6.07, 6.45) is 0. The molecule has 0 atom stereocenters. The molecule has 2 heterocycles. The van der Waals surface area contributed by atoms with E-state index in [1.807, 2.05) is 34.9 Å². The Bertz CT molecular complexity index is 991.